The van der Waals surface area contributed by atoms with E-state index in [0.717, 1.165) is 5.56 Å². The van der Waals surface area contributed by atoms with Crippen molar-refractivity contribution in [1.29, 1.82) is 0 Å². The third-order valence-corrected chi connectivity index (χ3v) is 3.56. The summed E-state index contributed by atoms with van der Waals surface area (Å²) in [4.78, 5) is 13.8. The maximum atomic E-state index is 12.2. The Morgan fingerprint density at radius 2 is 1.77 bits per heavy atom. The number of ether oxygens (including phenoxy) is 2. The lowest BCUT2D eigenvalue weighted by atomic mass is 10.2. The molecular formula is C18H19F3N2O3. The molecule has 1 amide bonds. The SMILES string of the molecule is COc1ccccc1CN(C)C(=O)CNc1ccc(OC(F)(F)F)cc1. The molecule has 0 aliphatic rings. The van der Waals surface area contributed by atoms with Crippen molar-refractivity contribution >= 4 is 11.6 Å². The summed E-state index contributed by atoms with van der Waals surface area (Å²) in [5.74, 6) is 0.203. The van der Waals surface area contributed by atoms with Crippen LogP contribution >= 0.6 is 0 Å². The Morgan fingerprint density at radius 1 is 1.12 bits per heavy atom. The maximum absolute atomic E-state index is 12.2. The molecule has 1 N–H and O–H groups in total. The van der Waals surface area contributed by atoms with Crippen molar-refractivity contribution in [2.75, 3.05) is 26.0 Å². The van der Waals surface area contributed by atoms with E-state index in [1.807, 2.05) is 24.3 Å². The van der Waals surface area contributed by atoms with Gasteiger partial charge in [0, 0.05) is 24.8 Å². The van der Waals surface area contributed by atoms with Crippen molar-refractivity contribution < 1.29 is 27.4 Å². The van der Waals surface area contributed by atoms with Gasteiger partial charge >= 0.3 is 6.36 Å². The molecule has 0 fully saturated rings. The second kappa shape index (κ2) is 8.46. The molecule has 0 bridgehead atoms. The first-order valence-corrected chi connectivity index (χ1v) is 7.74. The summed E-state index contributed by atoms with van der Waals surface area (Å²) in [7, 11) is 3.23. The minimum absolute atomic E-state index is 0.00508. The number of hydrogen-bond acceptors (Lipinski definition) is 4. The number of likely N-dealkylation sites (N-methyl/N-ethyl adjacent to an activating group) is 1. The van der Waals surface area contributed by atoms with Crippen LogP contribution in [0.3, 0.4) is 0 Å². The molecule has 0 radical (unpaired) electrons. The Kier molecular flexibility index (Phi) is 6.32. The second-order valence-corrected chi connectivity index (χ2v) is 5.49. The van der Waals surface area contributed by atoms with E-state index >= 15 is 0 Å². The number of benzene rings is 2. The van der Waals surface area contributed by atoms with Gasteiger partial charge in [-0.3, -0.25) is 4.79 Å². The fourth-order valence-corrected chi connectivity index (χ4v) is 2.26. The highest BCUT2D eigenvalue weighted by atomic mass is 19.4. The molecule has 0 atom stereocenters. The number of alkyl halides is 3. The van der Waals surface area contributed by atoms with E-state index in [9.17, 15) is 18.0 Å². The summed E-state index contributed by atoms with van der Waals surface area (Å²) in [6, 6.07) is 12.6. The molecule has 0 saturated heterocycles. The van der Waals surface area contributed by atoms with Crippen LogP contribution in [0.1, 0.15) is 5.56 Å². The summed E-state index contributed by atoms with van der Waals surface area (Å²) in [5, 5.41) is 2.87. The predicted molar refractivity (Wildman–Crippen MR) is 91.1 cm³/mol. The molecule has 2 rings (SSSR count). The van der Waals surface area contributed by atoms with Crippen molar-refractivity contribution in [2.24, 2.45) is 0 Å². The minimum Gasteiger partial charge on any atom is -0.496 e. The molecule has 8 heteroatoms. The highest BCUT2D eigenvalue weighted by molar-refractivity contribution is 5.80. The summed E-state index contributed by atoms with van der Waals surface area (Å²) in [5.41, 5.74) is 1.39. The van der Waals surface area contributed by atoms with Crippen LogP contribution in [0.5, 0.6) is 11.5 Å². The van der Waals surface area contributed by atoms with E-state index in [1.54, 1.807) is 14.2 Å². The Morgan fingerprint density at radius 3 is 2.38 bits per heavy atom. The molecule has 140 valence electrons. The van der Waals surface area contributed by atoms with Gasteiger partial charge < -0.3 is 19.7 Å². The first-order chi connectivity index (χ1) is 12.3. The molecule has 2 aromatic rings. The minimum atomic E-state index is -4.73. The van der Waals surface area contributed by atoms with Crippen molar-refractivity contribution in [2.45, 2.75) is 12.9 Å². The van der Waals surface area contributed by atoms with E-state index in [1.165, 1.54) is 29.2 Å². The zero-order valence-electron chi connectivity index (χ0n) is 14.3. The fraction of sp³-hybridized carbons (Fsp3) is 0.278. The van der Waals surface area contributed by atoms with Crippen LogP contribution in [0.15, 0.2) is 48.5 Å². The Hall–Kier alpha value is -2.90. The van der Waals surface area contributed by atoms with E-state index in [4.69, 9.17) is 4.74 Å². The van der Waals surface area contributed by atoms with Gasteiger partial charge in [0.05, 0.1) is 13.7 Å². The van der Waals surface area contributed by atoms with Gasteiger partial charge in [0.25, 0.3) is 0 Å². The Labute approximate surface area is 149 Å². The zero-order valence-corrected chi connectivity index (χ0v) is 14.3. The largest absolute Gasteiger partial charge is 0.573 e. The normalized spacial score (nSPS) is 11.0. The smallest absolute Gasteiger partial charge is 0.496 e. The van der Waals surface area contributed by atoms with Crippen molar-refractivity contribution in [3.05, 3.63) is 54.1 Å². The standard InChI is InChI=1S/C18H19F3N2O3/c1-23(12-13-5-3-4-6-16(13)25-2)17(24)11-22-14-7-9-15(10-8-14)26-18(19,20)21/h3-10,22H,11-12H2,1-2H3. The molecule has 0 aliphatic carbocycles. The summed E-state index contributed by atoms with van der Waals surface area (Å²) >= 11 is 0. The lowest BCUT2D eigenvalue weighted by molar-refractivity contribution is -0.274. The number of nitrogens with zero attached hydrogens (tertiary/aromatic N) is 1. The Bertz CT molecular complexity index is 733. The maximum Gasteiger partial charge on any atom is 0.573 e. The number of amides is 1. The highest BCUT2D eigenvalue weighted by Gasteiger charge is 2.30. The number of methoxy groups -OCH3 is 1. The summed E-state index contributed by atoms with van der Waals surface area (Å²) in [6.45, 7) is 0.383. The van der Waals surface area contributed by atoms with Gasteiger partial charge in [0.2, 0.25) is 5.91 Å². The number of rotatable bonds is 7. The first-order valence-electron chi connectivity index (χ1n) is 7.74. The van der Waals surface area contributed by atoms with E-state index in [-0.39, 0.29) is 18.2 Å². The van der Waals surface area contributed by atoms with Crippen molar-refractivity contribution in [3.8, 4) is 11.5 Å². The number of carbonyl (C=O) groups excluding carboxylic acids is 1. The predicted octanol–water partition coefficient (Wildman–Crippen LogP) is 3.66. The molecular weight excluding hydrogens is 349 g/mol. The van der Waals surface area contributed by atoms with Gasteiger partial charge in [-0.05, 0) is 30.3 Å². The van der Waals surface area contributed by atoms with Crippen LogP contribution in [0, 0.1) is 0 Å². The quantitative estimate of drug-likeness (QED) is 0.810. The lowest BCUT2D eigenvalue weighted by Crippen LogP contribution is -2.31. The number of carbonyl (C=O) groups is 1. The molecule has 0 saturated carbocycles. The number of halogens is 3. The fourth-order valence-electron chi connectivity index (χ4n) is 2.26. The second-order valence-electron chi connectivity index (χ2n) is 5.49. The van der Waals surface area contributed by atoms with Crippen LogP contribution in [0.2, 0.25) is 0 Å². The molecule has 2 aromatic carbocycles. The van der Waals surface area contributed by atoms with Gasteiger partial charge in [-0.25, -0.2) is 0 Å². The van der Waals surface area contributed by atoms with Gasteiger partial charge in [-0.2, -0.15) is 0 Å². The highest BCUT2D eigenvalue weighted by Crippen LogP contribution is 2.24. The summed E-state index contributed by atoms with van der Waals surface area (Å²) < 4.78 is 45.4. The average molecular weight is 368 g/mol. The van der Waals surface area contributed by atoms with Crippen LogP contribution in [0.25, 0.3) is 0 Å². The molecule has 0 aromatic heterocycles. The van der Waals surface area contributed by atoms with Gasteiger partial charge in [0.15, 0.2) is 0 Å². The van der Waals surface area contributed by atoms with Crippen LogP contribution in [0.4, 0.5) is 18.9 Å². The Balaban J connectivity index is 1.87. The number of anilines is 1. The van der Waals surface area contributed by atoms with Crippen LogP contribution in [-0.2, 0) is 11.3 Å². The monoisotopic (exact) mass is 368 g/mol. The van der Waals surface area contributed by atoms with Gasteiger partial charge in [-0.1, -0.05) is 18.2 Å². The van der Waals surface area contributed by atoms with Crippen molar-refractivity contribution in [3.63, 3.8) is 0 Å². The van der Waals surface area contributed by atoms with Crippen LogP contribution < -0.4 is 14.8 Å². The van der Waals surface area contributed by atoms with Crippen LogP contribution in [-0.4, -0.2) is 37.9 Å². The molecule has 0 heterocycles. The number of para-hydroxylation sites is 1. The third-order valence-electron chi connectivity index (χ3n) is 3.56. The molecule has 0 spiro atoms. The first kappa shape index (κ1) is 19.4. The zero-order chi connectivity index (χ0) is 19.2. The number of nitrogens with one attached hydrogen (secondary N) is 1. The third kappa shape index (κ3) is 5.87. The molecule has 0 aliphatic heterocycles. The van der Waals surface area contributed by atoms with E-state index in [0.29, 0.717) is 18.0 Å². The van der Waals surface area contributed by atoms with E-state index < -0.39 is 6.36 Å². The van der Waals surface area contributed by atoms with Crippen molar-refractivity contribution in [1.82, 2.24) is 4.90 Å². The molecule has 0 unspecified atom stereocenters. The van der Waals surface area contributed by atoms with Gasteiger partial charge in [0.1, 0.15) is 11.5 Å². The molecule has 26 heavy (non-hydrogen) atoms. The summed E-state index contributed by atoms with van der Waals surface area (Å²) in [6.07, 6.45) is -4.73. The van der Waals surface area contributed by atoms with E-state index in [2.05, 4.69) is 10.1 Å². The molecule has 5 nitrogen and oxygen atoms in total. The average Bonchev–Trinajstić information content (AvgIpc) is 2.60. The number of hydrogen-bond donors (Lipinski definition) is 1. The van der Waals surface area contributed by atoms with Gasteiger partial charge in [-0.15, -0.1) is 13.2 Å². The topological polar surface area (TPSA) is 50.8 Å². The lowest BCUT2D eigenvalue weighted by Gasteiger charge is -2.19.